The smallest absolute Gasteiger partial charge is 0.394 e. The summed E-state index contributed by atoms with van der Waals surface area (Å²) in [6.07, 6.45) is -3.26. The number of carbonyl (C=O) groups is 2. The number of para-hydroxylation sites is 1. The summed E-state index contributed by atoms with van der Waals surface area (Å²) in [4.78, 5) is 31.8. The Kier molecular flexibility index (Phi) is 4.77. The van der Waals surface area contributed by atoms with Gasteiger partial charge in [-0.2, -0.15) is 13.2 Å². The van der Waals surface area contributed by atoms with Crippen LogP contribution in [0.4, 0.5) is 18.9 Å². The maximum absolute atomic E-state index is 13.0. The summed E-state index contributed by atoms with van der Waals surface area (Å²) >= 11 is 0. The SMILES string of the molecule is O=C(CC(F)(F)F)N1C[C@@H]2[C@H](c3ccccc31)[C@@H](CO)N2C(=O)c1ccncc1. The Labute approximate surface area is 164 Å². The van der Waals surface area contributed by atoms with Crippen LogP contribution in [0.25, 0.3) is 0 Å². The molecule has 1 aromatic heterocycles. The van der Waals surface area contributed by atoms with Crippen LogP contribution in [0.3, 0.4) is 0 Å². The zero-order valence-corrected chi connectivity index (χ0v) is 15.2. The maximum Gasteiger partial charge on any atom is 0.397 e. The highest BCUT2D eigenvalue weighted by Crippen LogP contribution is 2.48. The normalized spacial score (nSPS) is 23.1. The van der Waals surface area contributed by atoms with Crippen molar-refractivity contribution in [2.45, 2.75) is 30.6 Å². The van der Waals surface area contributed by atoms with Crippen molar-refractivity contribution in [1.82, 2.24) is 9.88 Å². The third kappa shape index (κ3) is 3.35. The Balaban J connectivity index is 1.69. The van der Waals surface area contributed by atoms with Gasteiger partial charge in [-0.3, -0.25) is 14.6 Å². The summed E-state index contributed by atoms with van der Waals surface area (Å²) in [7, 11) is 0. The number of aliphatic hydroxyl groups excluding tert-OH is 1. The Bertz CT molecular complexity index is 935. The first-order valence-corrected chi connectivity index (χ1v) is 9.11. The average Bonchev–Trinajstić information content (AvgIpc) is 2.67. The van der Waals surface area contributed by atoms with Gasteiger partial charge in [0.1, 0.15) is 6.42 Å². The molecule has 2 aromatic rings. The van der Waals surface area contributed by atoms with Gasteiger partial charge < -0.3 is 14.9 Å². The highest BCUT2D eigenvalue weighted by atomic mass is 19.4. The minimum atomic E-state index is -4.62. The van der Waals surface area contributed by atoms with Crippen molar-refractivity contribution >= 4 is 17.5 Å². The van der Waals surface area contributed by atoms with Gasteiger partial charge in [0, 0.05) is 36.1 Å². The Morgan fingerprint density at radius 1 is 1.14 bits per heavy atom. The van der Waals surface area contributed by atoms with Crippen molar-refractivity contribution in [1.29, 1.82) is 0 Å². The van der Waals surface area contributed by atoms with E-state index in [1.165, 1.54) is 29.4 Å². The summed E-state index contributed by atoms with van der Waals surface area (Å²) in [5.41, 5.74) is 1.43. The first kappa shape index (κ1) is 19.4. The molecule has 0 aliphatic carbocycles. The number of nitrogens with zero attached hydrogens (tertiary/aromatic N) is 3. The van der Waals surface area contributed by atoms with Gasteiger partial charge in [-0.15, -0.1) is 0 Å². The molecule has 0 saturated carbocycles. The summed E-state index contributed by atoms with van der Waals surface area (Å²) in [6.45, 7) is -0.341. The van der Waals surface area contributed by atoms with Crippen molar-refractivity contribution in [3.63, 3.8) is 0 Å². The number of carbonyl (C=O) groups excluding carboxylic acids is 2. The molecule has 1 aromatic carbocycles. The van der Waals surface area contributed by atoms with Crippen LogP contribution >= 0.6 is 0 Å². The monoisotopic (exact) mass is 405 g/mol. The summed E-state index contributed by atoms with van der Waals surface area (Å²) < 4.78 is 38.5. The number of halogens is 3. The second-order valence-electron chi connectivity index (χ2n) is 7.15. The average molecular weight is 405 g/mol. The van der Waals surface area contributed by atoms with E-state index in [-0.39, 0.29) is 25.0 Å². The van der Waals surface area contributed by atoms with Crippen molar-refractivity contribution in [3.8, 4) is 0 Å². The minimum Gasteiger partial charge on any atom is -0.394 e. The predicted octanol–water partition coefficient (Wildman–Crippen LogP) is 2.35. The zero-order valence-electron chi connectivity index (χ0n) is 15.2. The first-order valence-electron chi connectivity index (χ1n) is 9.11. The number of hydrogen-bond donors (Lipinski definition) is 1. The molecule has 3 atom stereocenters. The van der Waals surface area contributed by atoms with Gasteiger partial charge in [0.2, 0.25) is 5.91 Å². The summed E-state index contributed by atoms with van der Waals surface area (Å²) in [5.74, 6) is -1.67. The van der Waals surface area contributed by atoms with E-state index in [1.807, 2.05) is 0 Å². The van der Waals surface area contributed by atoms with E-state index in [0.717, 1.165) is 4.90 Å². The fraction of sp³-hybridized carbons (Fsp3) is 0.350. The molecular weight excluding hydrogens is 387 g/mol. The van der Waals surface area contributed by atoms with Crippen LogP contribution in [0.1, 0.15) is 28.3 Å². The van der Waals surface area contributed by atoms with Gasteiger partial charge in [-0.1, -0.05) is 18.2 Å². The molecule has 1 fully saturated rings. The highest BCUT2D eigenvalue weighted by Gasteiger charge is 2.55. The van der Waals surface area contributed by atoms with Crippen LogP contribution in [0.5, 0.6) is 0 Å². The van der Waals surface area contributed by atoms with E-state index in [0.29, 0.717) is 16.8 Å². The molecular formula is C20H18F3N3O3. The molecule has 0 unspecified atom stereocenters. The van der Waals surface area contributed by atoms with Gasteiger partial charge in [0.25, 0.3) is 5.91 Å². The molecule has 2 amide bonds. The lowest BCUT2D eigenvalue weighted by molar-refractivity contribution is -0.152. The second kappa shape index (κ2) is 7.14. The van der Waals surface area contributed by atoms with E-state index in [1.54, 1.807) is 24.3 Å². The van der Waals surface area contributed by atoms with Crippen LogP contribution in [0.2, 0.25) is 0 Å². The van der Waals surface area contributed by atoms with Crippen LogP contribution in [-0.2, 0) is 4.79 Å². The van der Waals surface area contributed by atoms with Crippen molar-refractivity contribution in [3.05, 3.63) is 59.9 Å². The number of amides is 2. The summed E-state index contributed by atoms with van der Waals surface area (Å²) in [5, 5.41) is 9.91. The summed E-state index contributed by atoms with van der Waals surface area (Å²) in [6, 6.07) is 8.76. The highest BCUT2D eigenvalue weighted by molar-refractivity contribution is 5.98. The van der Waals surface area contributed by atoms with Gasteiger partial charge in [-0.05, 0) is 23.8 Å². The molecule has 29 heavy (non-hydrogen) atoms. The maximum atomic E-state index is 13.0. The molecule has 9 heteroatoms. The third-order valence-electron chi connectivity index (χ3n) is 5.50. The van der Waals surface area contributed by atoms with Crippen molar-refractivity contribution < 1.29 is 27.9 Å². The molecule has 1 N–H and O–H groups in total. The number of anilines is 1. The molecule has 2 aliphatic rings. The molecule has 1 saturated heterocycles. The number of likely N-dealkylation sites (tertiary alicyclic amines) is 1. The van der Waals surface area contributed by atoms with Crippen LogP contribution in [-0.4, -0.2) is 58.2 Å². The fourth-order valence-electron chi connectivity index (χ4n) is 4.31. The third-order valence-corrected chi connectivity index (χ3v) is 5.50. The number of rotatable bonds is 3. The van der Waals surface area contributed by atoms with Crippen LogP contribution in [0.15, 0.2) is 48.8 Å². The number of fused-ring (bicyclic) bond motifs is 3. The van der Waals surface area contributed by atoms with E-state index in [4.69, 9.17) is 0 Å². The zero-order chi connectivity index (χ0) is 20.8. The fourth-order valence-corrected chi connectivity index (χ4v) is 4.31. The number of pyridine rings is 1. The van der Waals surface area contributed by atoms with E-state index in [2.05, 4.69) is 4.98 Å². The van der Waals surface area contributed by atoms with Gasteiger partial charge >= 0.3 is 6.18 Å². The molecule has 0 bridgehead atoms. The molecule has 3 heterocycles. The number of aliphatic hydroxyl groups is 1. The van der Waals surface area contributed by atoms with Gasteiger partial charge in [0.05, 0.1) is 18.7 Å². The molecule has 0 radical (unpaired) electrons. The Morgan fingerprint density at radius 2 is 1.83 bits per heavy atom. The Hall–Kier alpha value is -2.94. The number of alkyl halides is 3. The minimum absolute atomic E-state index is 0.0517. The van der Waals surface area contributed by atoms with Gasteiger partial charge in [0.15, 0.2) is 0 Å². The number of aromatic nitrogens is 1. The Morgan fingerprint density at radius 3 is 2.48 bits per heavy atom. The van der Waals surface area contributed by atoms with Crippen molar-refractivity contribution in [2.24, 2.45) is 0 Å². The molecule has 0 spiro atoms. The number of hydrogen-bond acceptors (Lipinski definition) is 4. The van der Waals surface area contributed by atoms with Crippen molar-refractivity contribution in [2.75, 3.05) is 18.1 Å². The first-order chi connectivity index (χ1) is 13.8. The molecule has 152 valence electrons. The standard InChI is InChI=1S/C20H18F3N3O3/c21-20(22,23)9-17(28)25-10-15-18(13-3-1-2-4-14(13)25)16(11-27)26(15)19(29)12-5-7-24-8-6-12/h1-8,15-16,18,27H,9-11H2/t15-,16-,18+/m1/s1. The van der Waals surface area contributed by atoms with Crippen LogP contribution < -0.4 is 4.90 Å². The van der Waals surface area contributed by atoms with Gasteiger partial charge in [-0.25, -0.2) is 0 Å². The quantitative estimate of drug-likeness (QED) is 0.851. The van der Waals surface area contributed by atoms with E-state index >= 15 is 0 Å². The second-order valence-corrected chi connectivity index (χ2v) is 7.15. The largest absolute Gasteiger partial charge is 0.397 e. The lowest BCUT2D eigenvalue weighted by Crippen LogP contribution is -2.70. The number of benzene rings is 1. The van der Waals surface area contributed by atoms with E-state index < -0.39 is 30.6 Å². The predicted molar refractivity (Wildman–Crippen MR) is 97.3 cm³/mol. The molecule has 4 rings (SSSR count). The lowest BCUT2D eigenvalue weighted by atomic mass is 9.71. The molecule has 2 aliphatic heterocycles. The molecule has 6 nitrogen and oxygen atoms in total. The van der Waals surface area contributed by atoms with E-state index in [9.17, 15) is 27.9 Å². The van der Waals surface area contributed by atoms with Crippen LogP contribution in [0, 0.1) is 0 Å². The lowest BCUT2D eigenvalue weighted by Gasteiger charge is -2.58. The topological polar surface area (TPSA) is 73.7 Å².